The molecule has 2 aliphatic rings. The number of anilines is 2. The van der Waals surface area contributed by atoms with Gasteiger partial charge in [-0.15, -0.1) is 0 Å². The van der Waals surface area contributed by atoms with Crippen molar-refractivity contribution in [3.05, 3.63) is 111 Å². The molecule has 7 rings (SSSR count). The fraction of sp³-hybridized carbons (Fsp3) is 0.176. The molecule has 3 heterocycles. The third-order valence-corrected chi connectivity index (χ3v) is 10.6. The van der Waals surface area contributed by atoms with Gasteiger partial charge in [-0.05, 0) is 41.3 Å². The number of carbonyl (C=O) groups excluding carboxylic acids is 3. The molecule has 1 aromatic heterocycles. The number of aromatic nitrogens is 1. The number of amides is 3. The van der Waals surface area contributed by atoms with Crippen LogP contribution in [0.2, 0.25) is 0 Å². The molecule has 3 atom stereocenters. The van der Waals surface area contributed by atoms with Crippen LogP contribution in [0.3, 0.4) is 0 Å². The van der Waals surface area contributed by atoms with E-state index in [9.17, 15) is 32.3 Å². The number of methoxy groups -OCH3 is 1. The normalized spacial score (nSPS) is 18.8. The molecule has 1 fully saturated rings. The molecule has 48 heavy (non-hydrogen) atoms. The number of nitrogens with zero attached hydrogens (tertiary/aromatic N) is 1. The van der Waals surface area contributed by atoms with E-state index in [1.54, 1.807) is 24.3 Å². The van der Waals surface area contributed by atoms with Gasteiger partial charge in [-0.1, -0.05) is 77.7 Å². The highest BCUT2D eigenvalue weighted by atomic mass is 32.2. The van der Waals surface area contributed by atoms with E-state index in [4.69, 9.17) is 9.47 Å². The van der Waals surface area contributed by atoms with E-state index < -0.39 is 57.1 Å². The molecule has 9 nitrogen and oxygen atoms in total. The Bertz CT molecular complexity index is 2160. The molecule has 3 unspecified atom stereocenters. The van der Waals surface area contributed by atoms with E-state index >= 15 is 0 Å². The van der Waals surface area contributed by atoms with E-state index in [0.717, 1.165) is 46.0 Å². The molecule has 0 radical (unpaired) electrons. The molecule has 0 spiro atoms. The molecule has 4 aromatic carbocycles. The molecular formula is C34H24F3N3O6S2. The van der Waals surface area contributed by atoms with E-state index in [0.29, 0.717) is 26.1 Å². The molecule has 14 heteroatoms. The summed E-state index contributed by atoms with van der Waals surface area (Å²) in [4.78, 5) is 56.4. The van der Waals surface area contributed by atoms with Gasteiger partial charge in [0.15, 0.2) is 18.1 Å². The van der Waals surface area contributed by atoms with Gasteiger partial charge in [-0.2, -0.15) is 13.2 Å². The first-order valence-electron chi connectivity index (χ1n) is 14.6. The number of hydrogen-bond donors (Lipinski definition) is 2. The average Bonchev–Trinajstić information content (AvgIpc) is 3.57. The lowest BCUT2D eigenvalue weighted by Crippen LogP contribution is -2.33. The maximum absolute atomic E-state index is 14.0. The Labute approximate surface area is 278 Å². The molecule has 2 aliphatic heterocycles. The Hall–Kier alpha value is -5.08. The quantitative estimate of drug-likeness (QED) is 0.189. The van der Waals surface area contributed by atoms with Crippen LogP contribution in [0.1, 0.15) is 21.9 Å². The summed E-state index contributed by atoms with van der Waals surface area (Å²) in [7, 11) is 1.39. The third kappa shape index (κ3) is 5.50. The summed E-state index contributed by atoms with van der Waals surface area (Å²) in [6.45, 7) is -0.353. The van der Waals surface area contributed by atoms with Crippen molar-refractivity contribution in [1.82, 2.24) is 4.98 Å². The van der Waals surface area contributed by atoms with Crippen LogP contribution in [0.15, 0.2) is 94.7 Å². The highest BCUT2D eigenvalue weighted by Gasteiger charge is 2.57. The van der Waals surface area contributed by atoms with Crippen molar-refractivity contribution in [3.8, 4) is 11.5 Å². The fourth-order valence-electron chi connectivity index (χ4n) is 6.18. The summed E-state index contributed by atoms with van der Waals surface area (Å²) >= 11 is 1.82. The Morgan fingerprint density at radius 3 is 2.48 bits per heavy atom. The number of ether oxygens (including phenoxy) is 2. The van der Waals surface area contributed by atoms with Crippen LogP contribution in [-0.2, 0) is 20.6 Å². The van der Waals surface area contributed by atoms with Gasteiger partial charge in [-0.3, -0.25) is 19.2 Å². The van der Waals surface area contributed by atoms with Crippen molar-refractivity contribution in [2.24, 2.45) is 5.92 Å². The second-order valence-electron chi connectivity index (χ2n) is 11.1. The monoisotopic (exact) mass is 691 g/mol. The third-order valence-electron chi connectivity index (χ3n) is 8.24. The van der Waals surface area contributed by atoms with Gasteiger partial charge in [0.2, 0.25) is 11.8 Å². The van der Waals surface area contributed by atoms with Crippen LogP contribution in [0.4, 0.5) is 24.5 Å². The fourth-order valence-corrected chi connectivity index (χ4v) is 8.70. The first-order chi connectivity index (χ1) is 23.0. The van der Waals surface area contributed by atoms with Crippen LogP contribution in [-0.4, -0.2) is 41.7 Å². The number of rotatable bonds is 7. The summed E-state index contributed by atoms with van der Waals surface area (Å²) in [5.41, 5.74) is -0.563. The summed E-state index contributed by atoms with van der Waals surface area (Å²) in [5, 5.41) is 3.95. The van der Waals surface area contributed by atoms with E-state index in [2.05, 4.69) is 10.3 Å². The van der Waals surface area contributed by atoms with Crippen LogP contribution in [0, 0.1) is 5.92 Å². The number of fused-ring (bicyclic) bond motifs is 3. The second-order valence-corrected chi connectivity index (χ2v) is 13.2. The summed E-state index contributed by atoms with van der Waals surface area (Å²) in [5.74, 6) is -3.60. The van der Waals surface area contributed by atoms with E-state index in [1.165, 1.54) is 19.2 Å². The second kappa shape index (κ2) is 12.2. The number of thioether (sulfide) groups is 1. The molecule has 0 aliphatic carbocycles. The maximum Gasteiger partial charge on any atom is 0.418 e. The standard InChI is InChI=1S/C34H24F3N3O6S2/c1-45-24-15-18(13-14-23(24)46-16-25(41)38-21-11-6-8-17-7-2-3-9-19(17)21)26-27-29(47-30-28(26)48-33(44)39-30)32(43)40(31(27)42)22-12-5-4-10-20(22)34(35,36)37/h2-15,26-27,29H,16H2,1H3,(H,38,41)(H,39,44). The largest absolute Gasteiger partial charge is 0.493 e. The molecule has 5 aromatic rings. The van der Waals surface area contributed by atoms with E-state index in [1.807, 2.05) is 36.4 Å². The van der Waals surface area contributed by atoms with Crippen LogP contribution < -0.4 is 24.6 Å². The molecule has 0 bridgehead atoms. The minimum Gasteiger partial charge on any atom is -0.493 e. The molecular weight excluding hydrogens is 668 g/mol. The molecule has 244 valence electrons. The lowest BCUT2D eigenvalue weighted by molar-refractivity contribution is -0.137. The molecule has 1 saturated heterocycles. The summed E-state index contributed by atoms with van der Waals surface area (Å²) in [6.07, 6.45) is -4.81. The number of alkyl halides is 3. The maximum atomic E-state index is 14.0. The SMILES string of the molecule is COc1cc(C2c3sc(=O)[nH]c3SC3C(=O)N(c4ccccc4C(F)(F)F)C(=O)C32)ccc1OCC(=O)Nc1cccc2ccccc12. The smallest absolute Gasteiger partial charge is 0.418 e. The number of benzene rings is 4. The van der Waals surface area contributed by atoms with E-state index in [-0.39, 0.29) is 18.1 Å². The molecule has 2 N–H and O–H groups in total. The highest BCUT2D eigenvalue weighted by Crippen LogP contribution is 2.54. The van der Waals surface area contributed by atoms with Gasteiger partial charge in [0.25, 0.3) is 5.91 Å². The van der Waals surface area contributed by atoms with Crippen LogP contribution in [0.5, 0.6) is 11.5 Å². The Balaban J connectivity index is 1.19. The number of imide groups is 1. The number of H-pyrrole nitrogens is 1. The number of thiazole rings is 1. The zero-order valence-corrected chi connectivity index (χ0v) is 26.5. The number of para-hydroxylation sites is 1. The van der Waals surface area contributed by atoms with Crippen molar-refractivity contribution in [3.63, 3.8) is 0 Å². The van der Waals surface area contributed by atoms with Crippen molar-refractivity contribution < 1.29 is 37.0 Å². The predicted octanol–water partition coefficient (Wildman–Crippen LogP) is 6.43. The van der Waals surface area contributed by atoms with Gasteiger partial charge in [0.05, 0.1) is 29.3 Å². The number of hydrogen-bond acceptors (Lipinski definition) is 8. The highest BCUT2D eigenvalue weighted by molar-refractivity contribution is 8.00. The van der Waals surface area contributed by atoms with Crippen molar-refractivity contribution in [1.29, 1.82) is 0 Å². The van der Waals surface area contributed by atoms with Gasteiger partial charge in [-0.25, -0.2) is 4.90 Å². The van der Waals surface area contributed by atoms with Crippen molar-refractivity contribution in [2.75, 3.05) is 23.9 Å². The summed E-state index contributed by atoms with van der Waals surface area (Å²) < 4.78 is 53.2. The van der Waals surface area contributed by atoms with Gasteiger partial charge >= 0.3 is 11.0 Å². The topological polar surface area (TPSA) is 118 Å². The van der Waals surface area contributed by atoms with Crippen molar-refractivity contribution in [2.45, 2.75) is 22.4 Å². The Morgan fingerprint density at radius 1 is 0.938 bits per heavy atom. The minimum absolute atomic E-state index is 0.209. The zero-order valence-electron chi connectivity index (χ0n) is 24.9. The average molecular weight is 692 g/mol. The molecule has 0 saturated carbocycles. The lowest BCUT2D eigenvalue weighted by atomic mass is 9.83. The van der Waals surface area contributed by atoms with Gasteiger partial charge in [0.1, 0.15) is 5.25 Å². The van der Waals surface area contributed by atoms with Crippen molar-refractivity contribution >= 4 is 63.0 Å². The lowest BCUT2D eigenvalue weighted by Gasteiger charge is -2.30. The zero-order chi connectivity index (χ0) is 33.7. The predicted molar refractivity (Wildman–Crippen MR) is 175 cm³/mol. The minimum atomic E-state index is -4.81. The Morgan fingerprint density at radius 2 is 1.69 bits per heavy atom. The van der Waals surface area contributed by atoms with Crippen LogP contribution in [0.25, 0.3) is 10.8 Å². The summed E-state index contributed by atoms with van der Waals surface area (Å²) in [6, 6.07) is 22.3. The van der Waals surface area contributed by atoms with Gasteiger partial charge < -0.3 is 19.8 Å². The number of carbonyl (C=O) groups is 3. The molecule has 3 amide bonds. The van der Waals surface area contributed by atoms with Gasteiger partial charge in [0, 0.05) is 21.9 Å². The number of halogens is 3. The number of nitrogens with one attached hydrogen (secondary N) is 2. The Kier molecular flexibility index (Phi) is 8.00. The first-order valence-corrected chi connectivity index (χ1v) is 16.3. The number of aromatic amines is 1. The van der Waals surface area contributed by atoms with Crippen LogP contribution >= 0.6 is 23.1 Å². The first kappa shape index (κ1) is 31.5.